The molecule has 2 aromatic rings. The fourth-order valence-electron chi connectivity index (χ4n) is 2.93. The van der Waals surface area contributed by atoms with E-state index in [1.807, 2.05) is 4.68 Å². The van der Waals surface area contributed by atoms with E-state index in [0.717, 1.165) is 30.8 Å². The Bertz CT molecular complexity index is 591. The van der Waals surface area contributed by atoms with Crippen molar-refractivity contribution in [3.63, 3.8) is 0 Å². The topological polar surface area (TPSA) is 50.9 Å². The first kappa shape index (κ1) is 13.3. The van der Waals surface area contributed by atoms with Crippen LogP contribution in [-0.4, -0.2) is 19.9 Å². The van der Waals surface area contributed by atoms with E-state index in [2.05, 4.69) is 35.2 Å². The Kier molecular flexibility index (Phi) is 3.83. The summed E-state index contributed by atoms with van der Waals surface area (Å²) in [5.41, 5.74) is 3.84. The zero-order valence-electron chi connectivity index (χ0n) is 11.9. The Morgan fingerprint density at radius 2 is 2.15 bits per heavy atom. The molecule has 1 heterocycles. The maximum atomic E-state index is 10.4. The molecule has 0 saturated carbocycles. The molecule has 0 saturated heterocycles. The van der Waals surface area contributed by atoms with Crippen molar-refractivity contribution in [1.29, 1.82) is 0 Å². The van der Waals surface area contributed by atoms with Crippen molar-refractivity contribution in [1.82, 2.24) is 14.8 Å². The number of nitrogens with zero attached hydrogens (tertiary/aromatic N) is 3. The minimum Gasteiger partial charge on any atom is -0.388 e. The van der Waals surface area contributed by atoms with Crippen LogP contribution in [0.4, 0.5) is 0 Å². The number of hydrogen-bond donors (Lipinski definition) is 1. The molecule has 20 heavy (non-hydrogen) atoms. The molecule has 0 aliphatic heterocycles. The summed E-state index contributed by atoms with van der Waals surface area (Å²) < 4.78 is 1.89. The van der Waals surface area contributed by atoms with E-state index in [1.165, 1.54) is 24.0 Å². The van der Waals surface area contributed by atoms with Crippen molar-refractivity contribution in [2.24, 2.45) is 0 Å². The lowest BCUT2D eigenvalue weighted by Crippen LogP contribution is -2.10. The second-order valence-electron chi connectivity index (χ2n) is 5.50. The molecule has 106 valence electrons. The third kappa shape index (κ3) is 2.61. The summed E-state index contributed by atoms with van der Waals surface area (Å²) >= 11 is 0. The first-order valence-corrected chi connectivity index (χ1v) is 7.44. The van der Waals surface area contributed by atoms with Gasteiger partial charge in [-0.15, -0.1) is 0 Å². The molecule has 0 fully saturated rings. The summed E-state index contributed by atoms with van der Waals surface area (Å²) in [5, 5.41) is 14.6. The van der Waals surface area contributed by atoms with Crippen LogP contribution in [0.25, 0.3) is 0 Å². The Hall–Kier alpha value is -1.68. The molecule has 0 radical (unpaired) electrons. The van der Waals surface area contributed by atoms with Gasteiger partial charge in [0.2, 0.25) is 0 Å². The van der Waals surface area contributed by atoms with E-state index in [9.17, 15) is 5.11 Å². The SMILES string of the molecule is CCCn1ncnc1CC(O)c1ccc2c(c1)CCC2. The highest BCUT2D eigenvalue weighted by Crippen LogP contribution is 2.26. The van der Waals surface area contributed by atoms with E-state index in [-0.39, 0.29) is 0 Å². The summed E-state index contributed by atoms with van der Waals surface area (Å²) in [5.74, 6) is 0.861. The predicted octanol–water partition coefficient (Wildman–Crippen LogP) is 2.45. The number of benzene rings is 1. The van der Waals surface area contributed by atoms with Crippen LogP contribution in [-0.2, 0) is 25.8 Å². The van der Waals surface area contributed by atoms with Gasteiger partial charge in [-0.1, -0.05) is 25.1 Å². The van der Waals surface area contributed by atoms with Crippen molar-refractivity contribution in [3.05, 3.63) is 47.0 Å². The minimum atomic E-state index is -0.499. The molecule has 1 aromatic carbocycles. The molecule has 1 atom stereocenters. The summed E-state index contributed by atoms with van der Waals surface area (Å²) in [6.07, 6.45) is 6.17. The molecule has 4 nitrogen and oxygen atoms in total. The van der Waals surface area contributed by atoms with Gasteiger partial charge in [0.1, 0.15) is 12.2 Å². The van der Waals surface area contributed by atoms with Gasteiger partial charge in [0.05, 0.1) is 6.10 Å². The predicted molar refractivity (Wildman–Crippen MR) is 77.4 cm³/mol. The summed E-state index contributed by atoms with van der Waals surface area (Å²) in [4.78, 5) is 4.26. The zero-order chi connectivity index (χ0) is 13.9. The van der Waals surface area contributed by atoms with Crippen LogP contribution >= 0.6 is 0 Å². The molecule has 1 aromatic heterocycles. The number of rotatable bonds is 5. The highest BCUT2D eigenvalue weighted by molar-refractivity contribution is 5.36. The third-order valence-corrected chi connectivity index (χ3v) is 4.01. The van der Waals surface area contributed by atoms with Gasteiger partial charge in [-0.2, -0.15) is 5.10 Å². The monoisotopic (exact) mass is 271 g/mol. The van der Waals surface area contributed by atoms with E-state index in [0.29, 0.717) is 6.42 Å². The first-order chi connectivity index (χ1) is 9.78. The molecular formula is C16H21N3O. The highest BCUT2D eigenvalue weighted by atomic mass is 16.3. The van der Waals surface area contributed by atoms with E-state index in [4.69, 9.17) is 0 Å². The lowest BCUT2D eigenvalue weighted by Gasteiger charge is -2.13. The normalized spacial score (nSPS) is 15.3. The van der Waals surface area contributed by atoms with Crippen molar-refractivity contribution in [2.45, 2.75) is 51.7 Å². The number of aryl methyl sites for hydroxylation is 3. The second-order valence-corrected chi connectivity index (χ2v) is 5.50. The third-order valence-electron chi connectivity index (χ3n) is 4.01. The molecule has 0 amide bonds. The quantitative estimate of drug-likeness (QED) is 0.908. The number of fused-ring (bicyclic) bond motifs is 1. The van der Waals surface area contributed by atoms with Crippen molar-refractivity contribution in [3.8, 4) is 0 Å². The lowest BCUT2D eigenvalue weighted by molar-refractivity contribution is 0.174. The van der Waals surface area contributed by atoms with Crippen LogP contribution in [0.1, 0.15) is 48.4 Å². The van der Waals surface area contributed by atoms with Gasteiger partial charge in [-0.25, -0.2) is 4.98 Å². The summed E-state index contributed by atoms with van der Waals surface area (Å²) in [6.45, 7) is 2.97. The Morgan fingerprint density at radius 1 is 1.30 bits per heavy atom. The van der Waals surface area contributed by atoms with E-state index in [1.54, 1.807) is 6.33 Å². The van der Waals surface area contributed by atoms with Gasteiger partial charge >= 0.3 is 0 Å². The minimum absolute atomic E-state index is 0.499. The van der Waals surface area contributed by atoms with Crippen LogP contribution < -0.4 is 0 Å². The van der Waals surface area contributed by atoms with E-state index >= 15 is 0 Å². The van der Waals surface area contributed by atoms with Crippen LogP contribution in [0.5, 0.6) is 0 Å². The smallest absolute Gasteiger partial charge is 0.138 e. The highest BCUT2D eigenvalue weighted by Gasteiger charge is 2.16. The summed E-state index contributed by atoms with van der Waals surface area (Å²) in [7, 11) is 0. The Balaban J connectivity index is 1.75. The maximum Gasteiger partial charge on any atom is 0.138 e. The molecular weight excluding hydrogens is 250 g/mol. The van der Waals surface area contributed by atoms with Gasteiger partial charge in [0.25, 0.3) is 0 Å². The Labute approximate surface area is 119 Å². The average molecular weight is 271 g/mol. The van der Waals surface area contributed by atoms with Gasteiger partial charge in [-0.05, 0) is 42.4 Å². The lowest BCUT2D eigenvalue weighted by atomic mass is 10.0. The standard InChI is InChI=1S/C16H21N3O/c1-2-8-19-16(17-11-18-19)10-15(20)14-7-6-12-4-3-5-13(12)9-14/h6-7,9,11,15,20H,2-5,8,10H2,1H3. The van der Waals surface area contributed by atoms with Gasteiger partial charge in [0.15, 0.2) is 0 Å². The molecule has 1 unspecified atom stereocenters. The van der Waals surface area contributed by atoms with Crippen molar-refractivity contribution < 1.29 is 5.11 Å². The number of aromatic nitrogens is 3. The average Bonchev–Trinajstić information content (AvgIpc) is 3.07. The zero-order valence-corrected chi connectivity index (χ0v) is 11.9. The van der Waals surface area contributed by atoms with Crippen molar-refractivity contribution >= 4 is 0 Å². The van der Waals surface area contributed by atoms with Crippen LogP contribution in [0.15, 0.2) is 24.5 Å². The van der Waals surface area contributed by atoms with Crippen LogP contribution in [0.3, 0.4) is 0 Å². The Morgan fingerprint density at radius 3 is 3.00 bits per heavy atom. The number of aliphatic hydroxyl groups excluding tert-OH is 1. The van der Waals surface area contributed by atoms with Crippen molar-refractivity contribution in [2.75, 3.05) is 0 Å². The fourth-order valence-corrected chi connectivity index (χ4v) is 2.93. The largest absolute Gasteiger partial charge is 0.388 e. The molecule has 0 spiro atoms. The molecule has 0 bridgehead atoms. The molecule has 4 heteroatoms. The molecule has 1 N–H and O–H groups in total. The van der Waals surface area contributed by atoms with Gasteiger partial charge < -0.3 is 5.11 Å². The maximum absolute atomic E-state index is 10.4. The number of hydrogen-bond acceptors (Lipinski definition) is 3. The fraction of sp³-hybridized carbons (Fsp3) is 0.500. The first-order valence-electron chi connectivity index (χ1n) is 7.44. The van der Waals surface area contributed by atoms with Crippen LogP contribution in [0, 0.1) is 0 Å². The second kappa shape index (κ2) is 5.75. The molecule has 1 aliphatic carbocycles. The van der Waals surface area contributed by atoms with Crippen LogP contribution in [0.2, 0.25) is 0 Å². The van der Waals surface area contributed by atoms with Gasteiger partial charge in [-0.3, -0.25) is 4.68 Å². The number of aliphatic hydroxyl groups is 1. The molecule has 3 rings (SSSR count). The van der Waals surface area contributed by atoms with E-state index < -0.39 is 6.10 Å². The summed E-state index contributed by atoms with van der Waals surface area (Å²) in [6, 6.07) is 6.38. The molecule has 1 aliphatic rings. The van der Waals surface area contributed by atoms with Gasteiger partial charge in [0, 0.05) is 13.0 Å².